The molecule has 4 rings (SSSR count). The highest BCUT2D eigenvalue weighted by atomic mass is 32.2. The van der Waals surface area contributed by atoms with Crippen LogP contribution >= 0.6 is 0 Å². The van der Waals surface area contributed by atoms with Crippen molar-refractivity contribution in [2.45, 2.75) is 49.2 Å². The van der Waals surface area contributed by atoms with Crippen LogP contribution in [0.1, 0.15) is 39.0 Å². The molecule has 3 fully saturated rings. The minimum absolute atomic E-state index is 0.0831. The van der Waals surface area contributed by atoms with Crippen LogP contribution in [0, 0.1) is 23.1 Å². The predicted octanol–water partition coefficient (Wildman–Crippen LogP) is 3.03. The van der Waals surface area contributed by atoms with Gasteiger partial charge in [0.05, 0.1) is 10.1 Å². The summed E-state index contributed by atoms with van der Waals surface area (Å²) < 4.78 is 38.4. The quantitative estimate of drug-likeness (QED) is 0.774. The Balaban J connectivity index is 1.38. The maximum atomic E-state index is 13.0. The van der Waals surface area contributed by atoms with E-state index in [1.807, 2.05) is 0 Å². The topological polar surface area (TPSA) is 54.5 Å². The summed E-state index contributed by atoms with van der Waals surface area (Å²) in [6.07, 6.45) is 4.88. The molecule has 0 N–H and O–H groups in total. The Bertz CT molecular complexity index is 775. The predicted molar refractivity (Wildman–Crippen MR) is 92.1 cm³/mol. The molecule has 2 aliphatic carbocycles. The highest BCUT2D eigenvalue weighted by Gasteiger charge is 2.54. The monoisotopic (exact) mass is 365 g/mol. The van der Waals surface area contributed by atoms with Crippen LogP contribution in [0.3, 0.4) is 0 Å². The summed E-state index contributed by atoms with van der Waals surface area (Å²) in [6.45, 7) is 3.02. The van der Waals surface area contributed by atoms with Crippen LogP contribution in [0.15, 0.2) is 29.2 Å². The van der Waals surface area contributed by atoms with Gasteiger partial charge in [-0.15, -0.1) is 0 Å². The van der Waals surface area contributed by atoms with Crippen LogP contribution in [0.5, 0.6) is 0 Å². The van der Waals surface area contributed by atoms with E-state index in [-0.39, 0.29) is 23.3 Å². The maximum absolute atomic E-state index is 13.0. The van der Waals surface area contributed by atoms with Gasteiger partial charge in [0, 0.05) is 19.0 Å². The minimum atomic E-state index is -3.52. The number of carbonyl (C=O) groups excluding carboxylic acids is 1. The molecule has 4 nitrogen and oxygen atoms in total. The van der Waals surface area contributed by atoms with Crippen molar-refractivity contribution in [1.82, 2.24) is 4.90 Å². The van der Waals surface area contributed by atoms with Crippen molar-refractivity contribution in [3.8, 4) is 0 Å². The lowest BCUT2D eigenvalue weighted by molar-refractivity contribution is -0.149. The van der Waals surface area contributed by atoms with Gasteiger partial charge in [0.2, 0.25) is 5.91 Å². The van der Waals surface area contributed by atoms with Crippen molar-refractivity contribution in [2.24, 2.45) is 17.3 Å². The second-order valence-corrected chi connectivity index (χ2v) is 10.5. The van der Waals surface area contributed by atoms with E-state index in [2.05, 4.69) is 6.92 Å². The van der Waals surface area contributed by atoms with Crippen LogP contribution in [0.25, 0.3) is 0 Å². The number of sulfone groups is 1. The van der Waals surface area contributed by atoms with E-state index in [1.165, 1.54) is 25.0 Å². The third kappa shape index (κ3) is 2.88. The average Bonchev–Trinajstić information content (AvgIpc) is 3.00. The average molecular weight is 365 g/mol. The molecular formula is C19H24FNO3S. The van der Waals surface area contributed by atoms with Gasteiger partial charge in [0.15, 0.2) is 9.84 Å². The van der Waals surface area contributed by atoms with Crippen molar-refractivity contribution >= 4 is 15.7 Å². The molecule has 1 spiro atoms. The van der Waals surface area contributed by atoms with Gasteiger partial charge >= 0.3 is 0 Å². The molecular weight excluding hydrogens is 341 g/mol. The lowest BCUT2D eigenvalue weighted by atomic mass is 9.48. The normalized spacial score (nSPS) is 34.6. The van der Waals surface area contributed by atoms with E-state index >= 15 is 0 Å². The molecule has 6 heteroatoms. The number of amides is 1. The van der Waals surface area contributed by atoms with Crippen molar-refractivity contribution in [1.29, 1.82) is 0 Å². The highest BCUT2D eigenvalue weighted by molar-refractivity contribution is 7.92. The third-order valence-electron chi connectivity index (χ3n) is 6.31. The minimum Gasteiger partial charge on any atom is -0.341 e. The Morgan fingerprint density at radius 3 is 2.40 bits per heavy atom. The summed E-state index contributed by atoms with van der Waals surface area (Å²) in [6, 6.07) is 4.95. The lowest BCUT2D eigenvalue weighted by Gasteiger charge is -2.57. The number of carbonyl (C=O) groups is 1. The van der Waals surface area contributed by atoms with E-state index in [1.54, 1.807) is 4.90 Å². The molecule has 1 aromatic rings. The Morgan fingerprint density at radius 1 is 1.16 bits per heavy atom. The van der Waals surface area contributed by atoms with Crippen LogP contribution in [-0.4, -0.2) is 37.6 Å². The molecule has 0 radical (unpaired) electrons. The van der Waals surface area contributed by atoms with Crippen LogP contribution < -0.4 is 0 Å². The molecule has 1 unspecified atom stereocenters. The summed E-state index contributed by atoms with van der Waals surface area (Å²) in [5, 5.41) is -0.584. The maximum Gasteiger partial charge on any atom is 0.225 e. The number of halogens is 1. The van der Waals surface area contributed by atoms with Gasteiger partial charge in [0.25, 0.3) is 0 Å². The first-order chi connectivity index (χ1) is 11.8. The lowest BCUT2D eigenvalue weighted by Crippen LogP contribution is -2.52. The van der Waals surface area contributed by atoms with Gasteiger partial charge in [-0.05, 0) is 67.7 Å². The van der Waals surface area contributed by atoms with Crippen molar-refractivity contribution in [3.63, 3.8) is 0 Å². The number of hydrogen-bond donors (Lipinski definition) is 0. The van der Waals surface area contributed by atoms with Crippen LogP contribution in [0.2, 0.25) is 0 Å². The molecule has 136 valence electrons. The first-order valence-corrected chi connectivity index (χ1v) is 10.6. The molecule has 1 aliphatic heterocycles. The van der Waals surface area contributed by atoms with Gasteiger partial charge in [-0.1, -0.05) is 6.92 Å². The standard InChI is InChI=1S/C19H24FNO3S/c1-13-8-19(9-13)10-14(11-19)18(22)21-7-6-17(12-21)25(23,24)16-4-2-15(20)3-5-16/h2-5,13-14,17H,6-12H2,1H3. The molecule has 1 heterocycles. The molecule has 1 amide bonds. The number of likely N-dealkylation sites (tertiary alicyclic amines) is 1. The fourth-order valence-electron chi connectivity index (χ4n) is 5.17. The van der Waals surface area contributed by atoms with Gasteiger partial charge in [-0.2, -0.15) is 0 Å². The van der Waals surface area contributed by atoms with Gasteiger partial charge in [0.1, 0.15) is 5.82 Å². The fourth-order valence-corrected chi connectivity index (χ4v) is 6.86. The summed E-state index contributed by atoms with van der Waals surface area (Å²) in [7, 11) is -3.52. The largest absolute Gasteiger partial charge is 0.341 e. The van der Waals surface area contributed by atoms with E-state index in [9.17, 15) is 17.6 Å². The van der Waals surface area contributed by atoms with Crippen molar-refractivity contribution < 1.29 is 17.6 Å². The summed E-state index contributed by atoms with van der Waals surface area (Å²) in [4.78, 5) is 14.5. The second kappa shape index (κ2) is 5.79. The van der Waals surface area contributed by atoms with E-state index in [0.717, 1.165) is 30.9 Å². The molecule has 1 saturated heterocycles. The molecule has 0 aromatic heterocycles. The second-order valence-electron chi connectivity index (χ2n) is 8.31. The SMILES string of the molecule is CC1CC2(C1)CC(C(=O)N1CCC(S(=O)(=O)c3ccc(F)cc3)C1)C2. The van der Waals surface area contributed by atoms with Gasteiger partial charge < -0.3 is 4.90 Å². The number of hydrogen-bond acceptors (Lipinski definition) is 3. The zero-order valence-electron chi connectivity index (χ0n) is 14.4. The Hall–Kier alpha value is -1.43. The fraction of sp³-hybridized carbons (Fsp3) is 0.632. The van der Waals surface area contributed by atoms with Gasteiger partial charge in [-0.3, -0.25) is 4.79 Å². The van der Waals surface area contributed by atoms with Crippen molar-refractivity contribution in [3.05, 3.63) is 30.1 Å². The van der Waals surface area contributed by atoms with E-state index < -0.39 is 20.9 Å². The summed E-state index contributed by atoms with van der Waals surface area (Å²) >= 11 is 0. The molecule has 1 aromatic carbocycles. The Kier molecular flexibility index (Phi) is 3.94. The zero-order chi connectivity index (χ0) is 17.8. The summed E-state index contributed by atoms with van der Waals surface area (Å²) in [5.41, 5.74) is 0.416. The molecule has 3 aliphatic rings. The molecule has 2 saturated carbocycles. The van der Waals surface area contributed by atoms with Gasteiger partial charge in [-0.25, -0.2) is 12.8 Å². The first-order valence-electron chi connectivity index (χ1n) is 9.07. The Morgan fingerprint density at radius 2 is 1.80 bits per heavy atom. The van der Waals surface area contributed by atoms with Crippen molar-refractivity contribution in [2.75, 3.05) is 13.1 Å². The van der Waals surface area contributed by atoms with Crippen LogP contribution in [-0.2, 0) is 14.6 Å². The Labute approximate surface area is 148 Å². The first kappa shape index (κ1) is 17.0. The smallest absolute Gasteiger partial charge is 0.225 e. The number of benzene rings is 1. The number of nitrogens with zero attached hydrogens (tertiary/aromatic N) is 1. The molecule has 1 atom stereocenters. The van der Waals surface area contributed by atoms with Crippen LogP contribution in [0.4, 0.5) is 4.39 Å². The van der Waals surface area contributed by atoms with E-state index in [4.69, 9.17) is 0 Å². The van der Waals surface area contributed by atoms with E-state index in [0.29, 0.717) is 18.4 Å². The third-order valence-corrected chi connectivity index (χ3v) is 8.50. The number of rotatable bonds is 3. The summed E-state index contributed by atoms with van der Waals surface area (Å²) in [5.74, 6) is 0.543. The highest BCUT2D eigenvalue weighted by Crippen LogP contribution is 2.61. The zero-order valence-corrected chi connectivity index (χ0v) is 15.3. The molecule has 0 bridgehead atoms. The molecule has 25 heavy (non-hydrogen) atoms.